The summed E-state index contributed by atoms with van der Waals surface area (Å²) in [7, 11) is 4.00. The van der Waals surface area contributed by atoms with E-state index in [-0.39, 0.29) is 18.1 Å². The topological polar surface area (TPSA) is 43.8 Å². The summed E-state index contributed by atoms with van der Waals surface area (Å²) in [5.74, 6) is 0.269. The van der Waals surface area contributed by atoms with Gasteiger partial charge >= 0.3 is 0 Å². The predicted octanol–water partition coefficient (Wildman–Crippen LogP) is 1.73. The lowest BCUT2D eigenvalue weighted by Crippen LogP contribution is -2.38. The summed E-state index contributed by atoms with van der Waals surface area (Å²) in [6.07, 6.45) is 1.21. The highest BCUT2D eigenvalue weighted by atomic mass is 16.3. The molecule has 4 nitrogen and oxygen atoms in total. The first-order valence-electron chi connectivity index (χ1n) is 6.74. The van der Waals surface area contributed by atoms with E-state index >= 15 is 0 Å². The second-order valence-electron chi connectivity index (χ2n) is 4.99. The Labute approximate surface area is 115 Å². The second kappa shape index (κ2) is 7.79. The Morgan fingerprint density at radius 1 is 1.16 bits per heavy atom. The lowest BCUT2D eigenvalue weighted by Gasteiger charge is -2.24. The van der Waals surface area contributed by atoms with Crippen LogP contribution in [0.2, 0.25) is 0 Å². The molecule has 0 saturated carbocycles. The number of para-hydroxylation sites is 1. The number of hydrogen-bond acceptors (Lipinski definition) is 3. The van der Waals surface area contributed by atoms with Crippen LogP contribution >= 0.6 is 0 Å². The Bertz CT molecular complexity index is 405. The maximum atomic E-state index is 12.3. The van der Waals surface area contributed by atoms with Crippen LogP contribution in [0.3, 0.4) is 0 Å². The quantitative estimate of drug-likeness (QED) is 0.815. The minimum absolute atomic E-state index is 0.0743. The minimum Gasteiger partial charge on any atom is -0.508 e. The molecule has 0 fully saturated rings. The van der Waals surface area contributed by atoms with Crippen LogP contribution in [-0.2, 0) is 11.2 Å². The molecule has 1 N–H and O–H groups in total. The number of hydrogen-bond donors (Lipinski definition) is 1. The summed E-state index contributed by atoms with van der Waals surface area (Å²) in [6.45, 7) is 4.41. The van der Waals surface area contributed by atoms with Gasteiger partial charge in [0, 0.05) is 25.2 Å². The van der Waals surface area contributed by atoms with Crippen molar-refractivity contribution < 1.29 is 9.90 Å². The SMILES string of the molecule is CCCN(CCN(C)C)C(=O)Cc1ccccc1O. The lowest BCUT2D eigenvalue weighted by molar-refractivity contribution is -0.130. The smallest absolute Gasteiger partial charge is 0.227 e. The molecule has 19 heavy (non-hydrogen) atoms. The maximum absolute atomic E-state index is 12.3. The van der Waals surface area contributed by atoms with Gasteiger partial charge in [0.15, 0.2) is 0 Å². The number of nitrogens with zero attached hydrogens (tertiary/aromatic N) is 2. The fraction of sp³-hybridized carbons (Fsp3) is 0.533. The zero-order valence-corrected chi connectivity index (χ0v) is 12.1. The van der Waals surface area contributed by atoms with Crippen LogP contribution in [0.5, 0.6) is 5.75 Å². The van der Waals surface area contributed by atoms with Gasteiger partial charge in [0.1, 0.15) is 5.75 Å². The summed E-state index contributed by atoms with van der Waals surface area (Å²) in [5.41, 5.74) is 0.693. The van der Waals surface area contributed by atoms with Crippen LogP contribution in [0.25, 0.3) is 0 Å². The third-order valence-electron chi connectivity index (χ3n) is 3.00. The van der Waals surface area contributed by atoms with Gasteiger partial charge in [0.05, 0.1) is 6.42 Å². The average molecular weight is 264 g/mol. The van der Waals surface area contributed by atoms with Crippen LogP contribution in [0.15, 0.2) is 24.3 Å². The molecular weight excluding hydrogens is 240 g/mol. The fourth-order valence-electron chi connectivity index (χ4n) is 1.89. The van der Waals surface area contributed by atoms with E-state index in [4.69, 9.17) is 0 Å². The first kappa shape index (κ1) is 15.5. The van der Waals surface area contributed by atoms with Crippen molar-refractivity contribution in [3.63, 3.8) is 0 Å². The van der Waals surface area contributed by atoms with Crippen LogP contribution in [-0.4, -0.2) is 54.5 Å². The Hall–Kier alpha value is -1.55. The van der Waals surface area contributed by atoms with E-state index in [0.29, 0.717) is 5.56 Å². The summed E-state index contributed by atoms with van der Waals surface area (Å²) in [5, 5.41) is 9.71. The molecule has 0 aliphatic heterocycles. The standard InChI is InChI=1S/C15H24N2O2/c1-4-9-17(11-10-16(2)3)15(19)12-13-7-5-6-8-14(13)18/h5-8,18H,4,9-12H2,1-3H3. The molecule has 1 rings (SSSR count). The average Bonchev–Trinajstić information content (AvgIpc) is 2.37. The van der Waals surface area contributed by atoms with E-state index in [0.717, 1.165) is 26.1 Å². The largest absolute Gasteiger partial charge is 0.508 e. The van der Waals surface area contributed by atoms with Gasteiger partial charge in [0.25, 0.3) is 0 Å². The number of rotatable bonds is 7. The molecule has 0 saturated heterocycles. The molecule has 0 aromatic heterocycles. The van der Waals surface area contributed by atoms with Crippen molar-refractivity contribution in [2.75, 3.05) is 33.7 Å². The number of phenols is 1. The number of carbonyl (C=O) groups excluding carboxylic acids is 1. The second-order valence-corrected chi connectivity index (χ2v) is 4.99. The normalized spacial score (nSPS) is 10.7. The van der Waals surface area contributed by atoms with E-state index in [2.05, 4.69) is 11.8 Å². The van der Waals surface area contributed by atoms with E-state index in [1.165, 1.54) is 0 Å². The molecule has 1 aromatic carbocycles. The first-order valence-corrected chi connectivity index (χ1v) is 6.74. The van der Waals surface area contributed by atoms with Gasteiger partial charge in [-0.05, 0) is 26.6 Å². The number of phenolic OH excluding ortho intramolecular Hbond substituents is 1. The van der Waals surface area contributed by atoms with E-state index in [9.17, 15) is 9.90 Å². The van der Waals surface area contributed by atoms with E-state index < -0.39 is 0 Å². The van der Waals surface area contributed by atoms with Crippen molar-refractivity contribution in [2.45, 2.75) is 19.8 Å². The maximum Gasteiger partial charge on any atom is 0.227 e. The summed E-state index contributed by atoms with van der Waals surface area (Å²) in [4.78, 5) is 16.2. The molecule has 0 heterocycles. The highest BCUT2D eigenvalue weighted by Gasteiger charge is 2.14. The molecule has 106 valence electrons. The van der Waals surface area contributed by atoms with Crippen LogP contribution in [0, 0.1) is 0 Å². The number of aromatic hydroxyl groups is 1. The highest BCUT2D eigenvalue weighted by Crippen LogP contribution is 2.16. The van der Waals surface area contributed by atoms with Crippen LogP contribution in [0.1, 0.15) is 18.9 Å². The van der Waals surface area contributed by atoms with E-state index in [1.807, 2.05) is 25.1 Å². The zero-order valence-electron chi connectivity index (χ0n) is 12.1. The fourth-order valence-corrected chi connectivity index (χ4v) is 1.89. The minimum atomic E-state index is 0.0743. The highest BCUT2D eigenvalue weighted by molar-refractivity contribution is 5.79. The van der Waals surface area contributed by atoms with Crippen LogP contribution < -0.4 is 0 Å². The summed E-state index contributed by atoms with van der Waals surface area (Å²) >= 11 is 0. The molecule has 0 spiro atoms. The number of amides is 1. The van der Waals surface area contributed by atoms with Crippen molar-refractivity contribution in [3.8, 4) is 5.75 Å². The Kier molecular flexibility index (Phi) is 6.36. The molecule has 0 aliphatic rings. The van der Waals surface area contributed by atoms with Crippen molar-refractivity contribution in [3.05, 3.63) is 29.8 Å². The molecule has 0 radical (unpaired) electrons. The van der Waals surface area contributed by atoms with Gasteiger partial charge in [-0.3, -0.25) is 4.79 Å². The molecular formula is C15H24N2O2. The van der Waals surface area contributed by atoms with Gasteiger partial charge in [-0.2, -0.15) is 0 Å². The van der Waals surface area contributed by atoms with Gasteiger partial charge in [-0.25, -0.2) is 0 Å². The van der Waals surface area contributed by atoms with Crippen LogP contribution in [0.4, 0.5) is 0 Å². The predicted molar refractivity (Wildman–Crippen MR) is 77.2 cm³/mol. The molecule has 0 unspecified atom stereocenters. The number of carbonyl (C=O) groups is 1. The monoisotopic (exact) mass is 264 g/mol. The Balaban J connectivity index is 2.64. The Morgan fingerprint density at radius 2 is 1.84 bits per heavy atom. The molecule has 0 aliphatic carbocycles. The third kappa shape index (κ3) is 5.30. The zero-order chi connectivity index (χ0) is 14.3. The van der Waals surface area contributed by atoms with Crippen molar-refractivity contribution in [2.24, 2.45) is 0 Å². The third-order valence-corrected chi connectivity index (χ3v) is 3.00. The van der Waals surface area contributed by atoms with Crippen molar-refractivity contribution in [1.29, 1.82) is 0 Å². The Morgan fingerprint density at radius 3 is 2.42 bits per heavy atom. The number of benzene rings is 1. The molecule has 1 aromatic rings. The van der Waals surface area contributed by atoms with Gasteiger partial charge in [0.2, 0.25) is 5.91 Å². The summed E-state index contributed by atoms with van der Waals surface area (Å²) in [6, 6.07) is 7.02. The lowest BCUT2D eigenvalue weighted by atomic mass is 10.1. The van der Waals surface area contributed by atoms with Gasteiger partial charge in [-0.15, -0.1) is 0 Å². The molecule has 0 bridgehead atoms. The number of likely N-dealkylation sites (N-methyl/N-ethyl adjacent to an activating group) is 1. The van der Waals surface area contributed by atoms with Gasteiger partial charge in [-0.1, -0.05) is 25.1 Å². The van der Waals surface area contributed by atoms with Gasteiger partial charge < -0.3 is 14.9 Å². The summed E-state index contributed by atoms with van der Waals surface area (Å²) < 4.78 is 0. The molecule has 1 amide bonds. The van der Waals surface area contributed by atoms with E-state index in [1.54, 1.807) is 18.2 Å². The first-order chi connectivity index (χ1) is 9.04. The molecule has 4 heteroatoms. The van der Waals surface area contributed by atoms with Crippen molar-refractivity contribution in [1.82, 2.24) is 9.80 Å². The molecule has 0 atom stereocenters. The van der Waals surface area contributed by atoms with Crippen molar-refractivity contribution >= 4 is 5.91 Å².